The fraction of sp³-hybridized carbons (Fsp3) is 0.538. The van der Waals surface area contributed by atoms with Crippen LogP contribution in [0.3, 0.4) is 0 Å². The fourth-order valence-electron chi connectivity index (χ4n) is 2.35. The van der Waals surface area contributed by atoms with Crippen LogP contribution < -0.4 is 0 Å². The molecular weight excluding hydrogens is 305 g/mol. The van der Waals surface area contributed by atoms with Crippen molar-refractivity contribution in [3.8, 4) is 0 Å². The smallest absolute Gasteiger partial charge is 0.127 e. The number of hydrogen-bond donors (Lipinski definition) is 0. The molecule has 1 atom stereocenters. The number of halogens is 3. The van der Waals surface area contributed by atoms with Crippen molar-refractivity contribution in [2.45, 2.75) is 19.4 Å². The Kier molecular flexibility index (Phi) is 4.83. The molecule has 0 aliphatic carbocycles. The summed E-state index contributed by atoms with van der Waals surface area (Å²) in [7, 11) is 0. The Labute approximate surface area is 115 Å². The SMILES string of the molecule is Fc1ccc(Cl)cc1CN1CCC(CCBr)C1. The van der Waals surface area contributed by atoms with E-state index in [4.69, 9.17) is 11.6 Å². The van der Waals surface area contributed by atoms with Gasteiger partial charge in [-0.05, 0) is 43.5 Å². The topological polar surface area (TPSA) is 3.24 Å². The first-order chi connectivity index (χ1) is 8.19. The van der Waals surface area contributed by atoms with E-state index in [2.05, 4.69) is 20.8 Å². The van der Waals surface area contributed by atoms with Gasteiger partial charge >= 0.3 is 0 Å². The maximum atomic E-state index is 13.6. The van der Waals surface area contributed by atoms with Crippen molar-refractivity contribution in [2.24, 2.45) is 5.92 Å². The van der Waals surface area contributed by atoms with Gasteiger partial charge in [0.2, 0.25) is 0 Å². The predicted octanol–water partition coefficient (Wildman–Crippen LogP) is 4.09. The van der Waals surface area contributed by atoms with Crippen LogP contribution in [-0.2, 0) is 6.54 Å². The molecule has 0 aromatic heterocycles. The second-order valence-corrected chi connectivity index (χ2v) is 5.83. The van der Waals surface area contributed by atoms with Gasteiger partial charge in [-0.25, -0.2) is 4.39 Å². The van der Waals surface area contributed by atoms with Gasteiger partial charge in [0.15, 0.2) is 0 Å². The summed E-state index contributed by atoms with van der Waals surface area (Å²) in [5, 5.41) is 1.66. The van der Waals surface area contributed by atoms with E-state index in [1.807, 2.05) is 0 Å². The molecule has 0 bridgehead atoms. The molecule has 0 radical (unpaired) electrons. The molecule has 1 aromatic rings. The largest absolute Gasteiger partial charge is 0.299 e. The highest BCUT2D eigenvalue weighted by molar-refractivity contribution is 9.09. The van der Waals surface area contributed by atoms with Gasteiger partial charge in [0, 0.05) is 29.0 Å². The minimum Gasteiger partial charge on any atom is -0.299 e. The van der Waals surface area contributed by atoms with Crippen molar-refractivity contribution in [2.75, 3.05) is 18.4 Å². The monoisotopic (exact) mass is 319 g/mol. The van der Waals surface area contributed by atoms with Crippen LogP contribution in [0.1, 0.15) is 18.4 Å². The first-order valence-corrected chi connectivity index (χ1v) is 7.41. The molecule has 17 heavy (non-hydrogen) atoms. The lowest BCUT2D eigenvalue weighted by atomic mass is 10.1. The van der Waals surface area contributed by atoms with E-state index in [1.165, 1.54) is 18.9 Å². The lowest BCUT2D eigenvalue weighted by Crippen LogP contribution is -2.20. The van der Waals surface area contributed by atoms with Crippen LogP contribution in [0.25, 0.3) is 0 Å². The van der Waals surface area contributed by atoms with E-state index in [9.17, 15) is 4.39 Å². The number of alkyl halides is 1. The number of benzene rings is 1. The van der Waals surface area contributed by atoms with Gasteiger partial charge in [0.25, 0.3) is 0 Å². The van der Waals surface area contributed by atoms with Crippen LogP contribution in [0.2, 0.25) is 5.02 Å². The van der Waals surface area contributed by atoms with Gasteiger partial charge in [-0.15, -0.1) is 0 Å². The van der Waals surface area contributed by atoms with Crippen LogP contribution in [-0.4, -0.2) is 23.3 Å². The lowest BCUT2D eigenvalue weighted by Gasteiger charge is -2.16. The van der Waals surface area contributed by atoms with Crippen molar-refractivity contribution in [1.82, 2.24) is 4.90 Å². The maximum Gasteiger partial charge on any atom is 0.127 e. The Hall–Kier alpha value is -0.120. The summed E-state index contributed by atoms with van der Waals surface area (Å²) in [5.74, 6) is 0.593. The minimum atomic E-state index is -0.154. The quantitative estimate of drug-likeness (QED) is 0.755. The van der Waals surface area contributed by atoms with Crippen molar-refractivity contribution >= 4 is 27.5 Å². The van der Waals surface area contributed by atoms with Crippen molar-refractivity contribution in [1.29, 1.82) is 0 Å². The summed E-state index contributed by atoms with van der Waals surface area (Å²) in [6.07, 6.45) is 2.42. The van der Waals surface area contributed by atoms with Crippen LogP contribution in [0.5, 0.6) is 0 Å². The molecule has 1 unspecified atom stereocenters. The minimum absolute atomic E-state index is 0.154. The molecule has 0 N–H and O–H groups in total. The maximum absolute atomic E-state index is 13.6. The molecule has 1 aliphatic rings. The van der Waals surface area contributed by atoms with Crippen molar-refractivity contribution < 1.29 is 4.39 Å². The Morgan fingerprint density at radius 3 is 3.06 bits per heavy atom. The molecule has 1 nitrogen and oxygen atoms in total. The van der Waals surface area contributed by atoms with Gasteiger partial charge in [-0.2, -0.15) is 0 Å². The van der Waals surface area contributed by atoms with Gasteiger partial charge < -0.3 is 0 Å². The molecule has 0 saturated carbocycles. The van der Waals surface area contributed by atoms with E-state index in [0.717, 1.165) is 24.3 Å². The molecule has 1 heterocycles. The molecule has 94 valence electrons. The third kappa shape index (κ3) is 3.67. The third-order valence-corrected chi connectivity index (χ3v) is 3.98. The van der Waals surface area contributed by atoms with E-state index in [-0.39, 0.29) is 5.82 Å². The second kappa shape index (κ2) is 6.17. The summed E-state index contributed by atoms with van der Waals surface area (Å²) in [5.41, 5.74) is 0.706. The number of likely N-dealkylation sites (tertiary alicyclic amines) is 1. The van der Waals surface area contributed by atoms with Crippen molar-refractivity contribution in [3.05, 3.63) is 34.6 Å². The molecule has 4 heteroatoms. The highest BCUT2D eigenvalue weighted by atomic mass is 79.9. The molecular formula is C13H16BrClFN. The first-order valence-electron chi connectivity index (χ1n) is 5.91. The zero-order chi connectivity index (χ0) is 12.3. The van der Waals surface area contributed by atoms with Crippen molar-refractivity contribution in [3.63, 3.8) is 0 Å². The van der Waals surface area contributed by atoms with Gasteiger partial charge in [-0.1, -0.05) is 27.5 Å². The Balaban J connectivity index is 1.95. The zero-order valence-corrected chi connectivity index (χ0v) is 12.0. The summed E-state index contributed by atoms with van der Waals surface area (Å²) >= 11 is 9.36. The number of hydrogen-bond acceptors (Lipinski definition) is 1. The van der Waals surface area contributed by atoms with Crippen LogP contribution in [0.4, 0.5) is 4.39 Å². The second-order valence-electron chi connectivity index (χ2n) is 4.60. The summed E-state index contributed by atoms with van der Waals surface area (Å²) in [4.78, 5) is 2.31. The van der Waals surface area contributed by atoms with Gasteiger partial charge in [0.1, 0.15) is 5.82 Å². The van der Waals surface area contributed by atoms with E-state index in [0.29, 0.717) is 17.1 Å². The Bertz CT molecular complexity index is 386. The Morgan fingerprint density at radius 2 is 2.29 bits per heavy atom. The number of nitrogens with zero attached hydrogens (tertiary/aromatic N) is 1. The van der Waals surface area contributed by atoms with E-state index < -0.39 is 0 Å². The third-order valence-electron chi connectivity index (χ3n) is 3.29. The Morgan fingerprint density at radius 1 is 1.47 bits per heavy atom. The summed E-state index contributed by atoms with van der Waals surface area (Å²) in [6.45, 7) is 2.80. The molecule has 0 spiro atoms. The predicted molar refractivity (Wildman–Crippen MR) is 73.2 cm³/mol. The molecule has 0 amide bonds. The average molecular weight is 321 g/mol. The van der Waals surface area contributed by atoms with E-state index in [1.54, 1.807) is 12.1 Å². The van der Waals surface area contributed by atoms with Crippen LogP contribution >= 0.6 is 27.5 Å². The zero-order valence-electron chi connectivity index (χ0n) is 9.63. The highest BCUT2D eigenvalue weighted by Crippen LogP contribution is 2.24. The molecule has 1 fully saturated rings. The molecule has 2 rings (SSSR count). The normalized spacial score (nSPS) is 21.0. The molecule has 1 aromatic carbocycles. The van der Waals surface area contributed by atoms with E-state index >= 15 is 0 Å². The first kappa shape index (κ1) is 13.3. The molecule has 1 aliphatic heterocycles. The standard InChI is InChI=1S/C13H16BrClFN/c14-5-3-10-4-6-17(8-10)9-11-7-12(15)1-2-13(11)16/h1-2,7,10H,3-6,8-9H2. The fourth-order valence-corrected chi connectivity index (χ4v) is 3.19. The molecule has 1 saturated heterocycles. The van der Waals surface area contributed by atoms with Crippen LogP contribution in [0, 0.1) is 11.7 Å². The van der Waals surface area contributed by atoms with Gasteiger partial charge in [-0.3, -0.25) is 4.90 Å². The lowest BCUT2D eigenvalue weighted by molar-refractivity contribution is 0.310. The number of rotatable bonds is 4. The summed E-state index contributed by atoms with van der Waals surface area (Å²) in [6, 6.07) is 4.77. The highest BCUT2D eigenvalue weighted by Gasteiger charge is 2.22. The van der Waals surface area contributed by atoms with Crippen LogP contribution in [0.15, 0.2) is 18.2 Å². The average Bonchev–Trinajstić information content (AvgIpc) is 2.72. The summed E-state index contributed by atoms with van der Waals surface area (Å²) < 4.78 is 13.6. The van der Waals surface area contributed by atoms with Gasteiger partial charge in [0.05, 0.1) is 0 Å².